The zero-order valence-corrected chi connectivity index (χ0v) is 13.3. The van der Waals surface area contributed by atoms with Crippen molar-refractivity contribution < 1.29 is 0 Å². The summed E-state index contributed by atoms with van der Waals surface area (Å²) in [6, 6.07) is 6.51. The first-order valence-corrected chi connectivity index (χ1v) is 8.23. The number of thioether (sulfide) groups is 1. The van der Waals surface area contributed by atoms with Gasteiger partial charge in [0.05, 0.1) is 5.69 Å². The SMILES string of the molecule is C=C/C=N\C1=C(N)Nc2cc(CN3CCNCC3)ccc2S1. The van der Waals surface area contributed by atoms with Gasteiger partial charge in [-0.05, 0) is 17.7 Å². The van der Waals surface area contributed by atoms with Crippen molar-refractivity contribution in [2.75, 3.05) is 31.5 Å². The second kappa shape index (κ2) is 7.00. The lowest BCUT2D eigenvalue weighted by molar-refractivity contribution is 0.233. The molecule has 22 heavy (non-hydrogen) atoms. The van der Waals surface area contributed by atoms with Gasteiger partial charge in [-0.2, -0.15) is 0 Å². The highest BCUT2D eigenvalue weighted by Gasteiger charge is 2.17. The average molecular weight is 315 g/mol. The number of aliphatic imine (C=N–C) groups is 1. The maximum absolute atomic E-state index is 6.05. The van der Waals surface area contributed by atoms with Gasteiger partial charge in [-0.1, -0.05) is 30.5 Å². The zero-order chi connectivity index (χ0) is 15.4. The van der Waals surface area contributed by atoms with Crippen LogP contribution in [0.25, 0.3) is 0 Å². The molecule has 4 N–H and O–H groups in total. The summed E-state index contributed by atoms with van der Waals surface area (Å²) < 4.78 is 0. The fourth-order valence-electron chi connectivity index (χ4n) is 2.56. The lowest BCUT2D eigenvalue weighted by Gasteiger charge is -2.28. The Morgan fingerprint density at radius 3 is 2.95 bits per heavy atom. The van der Waals surface area contributed by atoms with E-state index in [-0.39, 0.29) is 0 Å². The van der Waals surface area contributed by atoms with E-state index in [0.717, 1.165) is 48.3 Å². The van der Waals surface area contributed by atoms with Gasteiger partial charge in [0.25, 0.3) is 0 Å². The van der Waals surface area contributed by atoms with Gasteiger partial charge in [0.1, 0.15) is 10.9 Å². The molecule has 1 saturated heterocycles. The van der Waals surface area contributed by atoms with Gasteiger partial charge in [-0.15, -0.1) is 0 Å². The minimum atomic E-state index is 0.593. The average Bonchev–Trinajstić information content (AvgIpc) is 2.54. The van der Waals surface area contributed by atoms with Gasteiger partial charge in [0.2, 0.25) is 0 Å². The molecule has 116 valence electrons. The van der Waals surface area contributed by atoms with Gasteiger partial charge >= 0.3 is 0 Å². The van der Waals surface area contributed by atoms with E-state index in [1.807, 2.05) is 0 Å². The minimum Gasteiger partial charge on any atom is -0.383 e. The Balaban J connectivity index is 1.73. The van der Waals surface area contributed by atoms with E-state index in [4.69, 9.17) is 5.73 Å². The van der Waals surface area contributed by atoms with Crippen LogP contribution in [-0.4, -0.2) is 37.3 Å². The lowest BCUT2D eigenvalue weighted by atomic mass is 10.1. The topological polar surface area (TPSA) is 65.7 Å². The number of fused-ring (bicyclic) bond motifs is 1. The molecule has 0 aliphatic carbocycles. The van der Waals surface area contributed by atoms with Crippen molar-refractivity contribution in [1.29, 1.82) is 0 Å². The molecule has 0 spiro atoms. The first-order valence-electron chi connectivity index (χ1n) is 7.42. The number of allylic oxidation sites excluding steroid dienone is 1. The monoisotopic (exact) mass is 315 g/mol. The highest BCUT2D eigenvalue weighted by Crippen LogP contribution is 2.39. The molecule has 0 unspecified atom stereocenters. The summed E-state index contributed by atoms with van der Waals surface area (Å²) in [5.41, 5.74) is 8.42. The normalized spacial score (nSPS) is 19.1. The standard InChI is InChI=1S/C16H21N5S/c1-2-5-19-16-15(17)20-13-10-12(3-4-14(13)22-16)11-21-8-6-18-7-9-21/h2-5,10,18,20H,1,6-9,11,17H2/b19-5-. The van der Waals surface area contributed by atoms with Crippen LogP contribution in [0.4, 0.5) is 5.69 Å². The summed E-state index contributed by atoms with van der Waals surface area (Å²) in [7, 11) is 0. The molecular weight excluding hydrogens is 294 g/mol. The number of benzene rings is 1. The molecule has 1 fully saturated rings. The van der Waals surface area contributed by atoms with Crippen molar-refractivity contribution in [3.8, 4) is 0 Å². The van der Waals surface area contributed by atoms with Crippen molar-refractivity contribution in [1.82, 2.24) is 10.2 Å². The predicted molar refractivity (Wildman–Crippen MR) is 94.0 cm³/mol. The van der Waals surface area contributed by atoms with E-state index in [0.29, 0.717) is 5.82 Å². The van der Waals surface area contributed by atoms with Crippen LogP contribution in [-0.2, 0) is 6.54 Å². The fourth-order valence-corrected chi connectivity index (χ4v) is 3.40. The van der Waals surface area contributed by atoms with Crippen molar-refractivity contribution in [2.24, 2.45) is 10.7 Å². The third-order valence-corrected chi connectivity index (χ3v) is 4.76. The first-order chi connectivity index (χ1) is 10.8. The molecule has 6 heteroatoms. The zero-order valence-electron chi connectivity index (χ0n) is 12.5. The first kappa shape index (κ1) is 15.1. The van der Waals surface area contributed by atoms with E-state index >= 15 is 0 Å². The number of rotatable bonds is 4. The Labute approximate surface area is 135 Å². The summed E-state index contributed by atoms with van der Waals surface area (Å²) in [6.45, 7) is 8.94. The highest BCUT2D eigenvalue weighted by molar-refractivity contribution is 8.03. The number of nitrogens with zero attached hydrogens (tertiary/aromatic N) is 2. The van der Waals surface area contributed by atoms with E-state index in [9.17, 15) is 0 Å². The van der Waals surface area contributed by atoms with Crippen molar-refractivity contribution in [3.05, 3.63) is 47.3 Å². The number of nitrogens with one attached hydrogen (secondary N) is 2. The summed E-state index contributed by atoms with van der Waals surface area (Å²) >= 11 is 1.58. The predicted octanol–water partition coefficient (Wildman–Crippen LogP) is 1.95. The van der Waals surface area contributed by atoms with Gasteiger partial charge in [0, 0.05) is 43.8 Å². The van der Waals surface area contributed by atoms with Gasteiger partial charge in [-0.25, -0.2) is 4.99 Å². The molecule has 0 amide bonds. The molecular formula is C16H21N5S. The Morgan fingerprint density at radius 1 is 1.36 bits per heavy atom. The summed E-state index contributed by atoms with van der Waals surface area (Å²) in [6.07, 6.45) is 3.30. The summed E-state index contributed by atoms with van der Waals surface area (Å²) in [5.74, 6) is 0.593. The lowest BCUT2D eigenvalue weighted by Crippen LogP contribution is -2.42. The Bertz CT molecular complexity index is 617. The smallest absolute Gasteiger partial charge is 0.141 e. The maximum atomic E-state index is 6.05. The van der Waals surface area contributed by atoms with Crippen molar-refractivity contribution >= 4 is 23.7 Å². The number of hydrogen-bond acceptors (Lipinski definition) is 6. The van der Waals surface area contributed by atoms with E-state index in [1.54, 1.807) is 24.1 Å². The minimum absolute atomic E-state index is 0.593. The molecule has 2 heterocycles. The van der Waals surface area contributed by atoms with Crippen LogP contribution >= 0.6 is 11.8 Å². The van der Waals surface area contributed by atoms with Crippen LogP contribution in [0.3, 0.4) is 0 Å². The Hall–Kier alpha value is -1.76. The molecule has 0 saturated carbocycles. The fraction of sp³-hybridized carbons (Fsp3) is 0.312. The molecule has 0 radical (unpaired) electrons. The molecule has 0 aromatic heterocycles. The van der Waals surface area contributed by atoms with E-state index in [1.165, 1.54) is 5.56 Å². The molecule has 2 aliphatic rings. The Morgan fingerprint density at radius 2 is 2.18 bits per heavy atom. The Kier molecular flexibility index (Phi) is 4.82. The quantitative estimate of drug-likeness (QED) is 0.741. The second-order valence-electron chi connectivity index (χ2n) is 5.32. The molecule has 1 aromatic rings. The van der Waals surface area contributed by atoms with Gasteiger partial charge in [-0.3, -0.25) is 4.90 Å². The molecule has 0 atom stereocenters. The van der Waals surface area contributed by atoms with Crippen molar-refractivity contribution in [3.63, 3.8) is 0 Å². The van der Waals surface area contributed by atoms with E-state index < -0.39 is 0 Å². The molecule has 3 rings (SSSR count). The van der Waals surface area contributed by atoms with Gasteiger partial charge in [0.15, 0.2) is 0 Å². The van der Waals surface area contributed by atoms with Crippen LogP contribution in [0.5, 0.6) is 0 Å². The van der Waals surface area contributed by atoms with Crippen LogP contribution < -0.4 is 16.4 Å². The molecule has 1 aromatic carbocycles. The third kappa shape index (κ3) is 3.52. The third-order valence-electron chi connectivity index (χ3n) is 3.66. The number of anilines is 1. The van der Waals surface area contributed by atoms with Crippen molar-refractivity contribution in [2.45, 2.75) is 11.4 Å². The summed E-state index contributed by atoms with van der Waals surface area (Å²) in [5, 5.41) is 7.41. The van der Waals surface area contributed by atoms with E-state index in [2.05, 4.69) is 45.3 Å². The van der Waals surface area contributed by atoms with Gasteiger partial charge < -0.3 is 16.4 Å². The van der Waals surface area contributed by atoms with Crippen LogP contribution in [0.2, 0.25) is 0 Å². The van der Waals surface area contributed by atoms with Crippen LogP contribution in [0.1, 0.15) is 5.56 Å². The molecule has 2 aliphatic heterocycles. The highest BCUT2D eigenvalue weighted by atomic mass is 32.2. The largest absolute Gasteiger partial charge is 0.383 e. The maximum Gasteiger partial charge on any atom is 0.141 e. The second-order valence-corrected chi connectivity index (χ2v) is 6.35. The summed E-state index contributed by atoms with van der Waals surface area (Å²) in [4.78, 5) is 7.91. The van der Waals surface area contributed by atoms with Crippen LogP contribution in [0, 0.1) is 0 Å². The number of hydrogen-bond donors (Lipinski definition) is 3. The number of piperazine rings is 1. The molecule has 0 bridgehead atoms. The molecule has 5 nitrogen and oxygen atoms in total. The van der Waals surface area contributed by atoms with Crippen LogP contribution in [0.15, 0.2) is 51.6 Å². The number of nitrogens with two attached hydrogens (primary N) is 1.